The molecule has 24 heavy (non-hydrogen) atoms. The van der Waals surface area contributed by atoms with E-state index in [0.717, 1.165) is 29.8 Å². The molecule has 2 N–H and O–H groups in total. The molecule has 5 heteroatoms. The summed E-state index contributed by atoms with van der Waals surface area (Å²) >= 11 is 5.16. The van der Waals surface area contributed by atoms with E-state index in [1.54, 1.807) is 0 Å². The molecule has 1 aromatic rings. The van der Waals surface area contributed by atoms with Gasteiger partial charge in [-0.1, -0.05) is 23.8 Å². The smallest absolute Gasteiger partial charge is 0.264 e. The Bertz CT molecular complexity index is 626. The van der Waals surface area contributed by atoms with Crippen molar-refractivity contribution < 1.29 is 9.53 Å². The summed E-state index contributed by atoms with van der Waals surface area (Å²) in [6.45, 7) is 4.66. The Kier molecular flexibility index (Phi) is 7.25. The number of allylic oxidation sites excluding steroid dienone is 1. The molecule has 0 radical (unpaired) electrons. The first-order valence-corrected chi connectivity index (χ1v) is 8.91. The van der Waals surface area contributed by atoms with E-state index in [1.807, 2.05) is 32.0 Å². The number of hydrogen-bond donors (Lipinski definition) is 2. The van der Waals surface area contributed by atoms with Crippen molar-refractivity contribution in [1.29, 1.82) is 0 Å². The van der Waals surface area contributed by atoms with Gasteiger partial charge in [0.1, 0.15) is 5.75 Å². The van der Waals surface area contributed by atoms with E-state index in [9.17, 15) is 4.79 Å². The maximum absolute atomic E-state index is 11.9. The van der Waals surface area contributed by atoms with Gasteiger partial charge in [0.15, 0.2) is 11.7 Å². The second kappa shape index (κ2) is 9.42. The Morgan fingerprint density at radius 3 is 2.88 bits per heavy atom. The van der Waals surface area contributed by atoms with E-state index in [4.69, 9.17) is 17.0 Å². The van der Waals surface area contributed by atoms with Gasteiger partial charge in [-0.15, -0.1) is 0 Å². The normalized spacial score (nSPS) is 13.8. The van der Waals surface area contributed by atoms with Crippen LogP contribution in [0.25, 0.3) is 0 Å². The van der Waals surface area contributed by atoms with Gasteiger partial charge in [-0.25, -0.2) is 0 Å². The average Bonchev–Trinajstić information content (AvgIpc) is 2.56. The summed E-state index contributed by atoms with van der Waals surface area (Å²) in [6, 6.07) is 5.93. The molecular weight excluding hydrogens is 320 g/mol. The van der Waals surface area contributed by atoms with Crippen LogP contribution in [0.3, 0.4) is 0 Å². The van der Waals surface area contributed by atoms with Crippen LogP contribution in [-0.2, 0) is 4.79 Å². The van der Waals surface area contributed by atoms with Crippen molar-refractivity contribution in [2.24, 2.45) is 0 Å². The van der Waals surface area contributed by atoms with Crippen molar-refractivity contribution in [1.82, 2.24) is 10.6 Å². The minimum absolute atomic E-state index is 0.0444. The first kappa shape index (κ1) is 18.5. The van der Waals surface area contributed by atoms with Gasteiger partial charge < -0.3 is 15.4 Å². The van der Waals surface area contributed by atoms with Crippen LogP contribution in [0.5, 0.6) is 5.75 Å². The molecule has 1 aliphatic carbocycles. The highest BCUT2D eigenvalue weighted by molar-refractivity contribution is 7.80. The molecule has 0 bridgehead atoms. The number of thiocarbonyl (C=S) groups is 1. The predicted molar refractivity (Wildman–Crippen MR) is 101 cm³/mol. The monoisotopic (exact) mass is 346 g/mol. The summed E-state index contributed by atoms with van der Waals surface area (Å²) < 4.78 is 5.57. The molecule has 1 aromatic carbocycles. The molecule has 0 aromatic heterocycles. The molecule has 1 aliphatic rings. The second-order valence-corrected chi connectivity index (χ2v) is 6.63. The van der Waals surface area contributed by atoms with Crippen LogP contribution < -0.4 is 15.4 Å². The van der Waals surface area contributed by atoms with E-state index < -0.39 is 0 Å². The maximum Gasteiger partial charge on any atom is 0.264 e. The third kappa shape index (κ3) is 6.32. The van der Waals surface area contributed by atoms with Gasteiger partial charge in [0.05, 0.1) is 0 Å². The average molecular weight is 346 g/mol. The van der Waals surface area contributed by atoms with Crippen LogP contribution in [0.2, 0.25) is 0 Å². The minimum atomic E-state index is -0.245. The van der Waals surface area contributed by atoms with Gasteiger partial charge >= 0.3 is 0 Å². The van der Waals surface area contributed by atoms with Crippen LogP contribution in [0.4, 0.5) is 0 Å². The maximum atomic E-state index is 11.9. The summed E-state index contributed by atoms with van der Waals surface area (Å²) in [5.41, 5.74) is 3.60. The molecule has 0 saturated carbocycles. The highest BCUT2D eigenvalue weighted by Crippen LogP contribution is 2.19. The van der Waals surface area contributed by atoms with E-state index in [1.165, 1.54) is 31.3 Å². The molecule has 0 unspecified atom stereocenters. The SMILES string of the molecule is Cc1ccc(C)c(OCC(=O)NC(=S)NCCC2=CCCCC2)c1. The Morgan fingerprint density at radius 2 is 2.12 bits per heavy atom. The largest absolute Gasteiger partial charge is 0.483 e. The van der Waals surface area contributed by atoms with Crippen molar-refractivity contribution in [2.45, 2.75) is 46.0 Å². The fourth-order valence-corrected chi connectivity index (χ4v) is 2.90. The topological polar surface area (TPSA) is 50.4 Å². The van der Waals surface area contributed by atoms with Crippen molar-refractivity contribution in [2.75, 3.05) is 13.2 Å². The molecule has 0 fully saturated rings. The molecule has 0 heterocycles. The zero-order chi connectivity index (χ0) is 17.4. The Morgan fingerprint density at radius 1 is 1.29 bits per heavy atom. The zero-order valence-corrected chi connectivity index (χ0v) is 15.3. The quantitative estimate of drug-likeness (QED) is 0.611. The van der Waals surface area contributed by atoms with E-state index >= 15 is 0 Å². The zero-order valence-electron chi connectivity index (χ0n) is 14.5. The highest BCUT2D eigenvalue weighted by atomic mass is 32.1. The second-order valence-electron chi connectivity index (χ2n) is 6.22. The van der Waals surface area contributed by atoms with Gasteiger partial charge in [-0.3, -0.25) is 4.79 Å². The molecule has 1 amide bonds. The summed E-state index contributed by atoms with van der Waals surface area (Å²) in [5.74, 6) is 0.485. The molecular formula is C19H26N2O2S. The van der Waals surface area contributed by atoms with E-state index in [0.29, 0.717) is 5.11 Å². The van der Waals surface area contributed by atoms with Crippen LogP contribution in [0, 0.1) is 13.8 Å². The summed E-state index contributed by atoms with van der Waals surface area (Å²) in [6.07, 6.45) is 8.26. The van der Waals surface area contributed by atoms with Crippen LogP contribution in [-0.4, -0.2) is 24.2 Å². The number of carbonyl (C=O) groups excluding carboxylic acids is 1. The molecule has 4 nitrogen and oxygen atoms in total. The fourth-order valence-electron chi connectivity index (χ4n) is 2.68. The summed E-state index contributed by atoms with van der Waals surface area (Å²) in [7, 11) is 0. The van der Waals surface area contributed by atoms with Gasteiger partial charge in [0.25, 0.3) is 5.91 Å². The van der Waals surface area contributed by atoms with Crippen molar-refractivity contribution >= 4 is 23.2 Å². The fraction of sp³-hybridized carbons (Fsp3) is 0.474. The summed E-state index contributed by atoms with van der Waals surface area (Å²) in [5, 5.41) is 6.10. The van der Waals surface area contributed by atoms with Crippen molar-refractivity contribution in [3.05, 3.63) is 41.0 Å². The lowest BCUT2D eigenvalue weighted by Gasteiger charge is -2.14. The van der Waals surface area contributed by atoms with E-state index in [2.05, 4.69) is 16.7 Å². The number of ether oxygens (including phenoxy) is 1. The molecule has 0 spiro atoms. The number of hydrogen-bond acceptors (Lipinski definition) is 3. The first-order chi connectivity index (χ1) is 11.5. The van der Waals surface area contributed by atoms with Crippen molar-refractivity contribution in [3.8, 4) is 5.75 Å². The summed E-state index contributed by atoms with van der Waals surface area (Å²) in [4.78, 5) is 11.9. The van der Waals surface area contributed by atoms with Crippen LogP contribution in [0.1, 0.15) is 43.2 Å². The lowest BCUT2D eigenvalue weighted by molar-refractivity contribution is -0.121. The molecule has 0 aliphatic heterocycles. The van der Waals surface area contributed by atoms with Crippen LogP contribution in [0.15, 0.2) is 29.8 Å². The molecule has 0 atom stereocenters. The number of carbonyl (C=O) groups is 1. The standard InChI is InChI=1S/C19H26N2O2S/c1-14-8-9-15(2)17(12-14)23-13-18(22)21-19(24)20-11-10-16-6-4-3-5-7-16/h6,8-9,12H,3-5,7,10-11,13H2,1-2H3,(H2,20,21,22,24). The molecule has 130 valence electrons. The number of nitrogens with one attached hydrogen (secondary N) is 2. The van der Waals surface area contributed by atoms with Gasteiger partial charge in [-0.05, 0) is 75.4 Å². The lowest BCUT2D eigenvalue weighted by atomic mass is 9.97. The highest BCUT2D eigenvalue weighted by Gasteiger charge is 2.08. The third-order valence-corrected chi connectivity index (χ3v) is 4.32. The Labute approximate surface area is 149 Å². The number of amides is 1. The van der Waals surface area contributed by atoms with Gasteiger partial charge in [0, 0.05) is 6.54 Å². The van der Waals surface area contributed by atoms with Crippen molar-refractivity contribution in [3.63, 3.8) is 0 Å². The van der Waals surface area contributed by atoms with Gasteiger partial charge in [0.2, 0.25) is 0 Å². The van der Waals surface area contributed by atoms with E-state index in [-0.39, 0.29) is 12.5 Å². The minimum Gasteiger partial charge on any atom is -0.483 e. The Balaban J connectivity index is 1.67. The third-order valence-electron chi connectivity index (χ3n) is 4.07. The number of benzene rings is 1. The number of rotatable bonds is 6. The molecule has 2 rings (SSSR count). The predicted octanol–water partition coefficient (Wildman–Crippen LogP) is 3.56. The Hall–Kier alpha value is -1.88. The van der Waals surface area contributed by atoms with Crippen LogP contribution >= 0.6 is 12.2 Å². The lowest BCUT2D eigenvalue weighted by Crippen LogP contribution is -2.41. The first-order valence-electron chi connectivity index (χ1n) is 8.50. The van der Waals surface area contributed by atoms with Gasteiger partial charge in [-0.2, -0.15) is 0 Å². The number of aryl methyl sites for hydroxylation is 2. The molecule has 0 saturated heterocycles.